The zero-order valence-corrected chi connectivity index (χ0v) is 10.7. The highest BCUT2D eigenvalue weighted by Crippen LogP contribution is 2.19. The maximum Gasteiger partial charge on any atom is 0.123 e. The van der Waals surface area contributed by atoms with Crippen molar-refractivity contribution in [3.05, 3.63) is 71.0 Å². The Morgan fingerprint density at radius 2 is 1.53 bits per heavy atom. The summed E-state index contributed by atoms with van der Waals surface area (Å²) < 4.78 is 12.8. The van der Waals surface area contributed by atoms with Gasteiger partial charge in [0.15, 0.2) is 0 Å². The molecule has 3 N–H and O–H groups in total. The highest BCUT2D eigenvalue weighted by Gasteiger charge is 2.07. The summed E-state index contributed by atoms with van der Waals surface area (Å²) >= 11 is 0. The van der Waals surface area contributed by atoms with Crippen LogP contribution in [0.25, 0.3) is 0 Å². The van der Waals surface area contributed by atoms with Crippen LogP contribution >= 0.6 is 0 Å². The molecule has 0 aliphatic rings. The van der Waals surface area contributed by atoms with Gasteiger partial charge in [-0.05, 0) is 41.7 Å². The van der Waals surface area contributed by atoms with Gasteiger partial charge in [-0.1, -0.05) is 36.4 Å². The third kappa shape index (κ3) is 3.88. The van der Waals surface area contributed by atoms with E-state index >= 15 is 0 Å². The summed E-state index contributed by atoms with van der Waals surface area (Å²) in [7, 11) is 0. The number of aryl methyl sites for hydroxylation is 1. The van der Waals surface area contributed by atoms with Gasteiger partial charge in [-0.2, -0.15) is 0 Å². The largest absolute Gasteiger partial charge is 0.388 e. The minimum atomic E-state index is -0.560. The molecule has 0 saturated heterocycles. The summed E-state index contributed by atoms with van der Waals surface area (Å²) in [5.74, 6) is -0.284. The van der Waals surface area contributed by atoms with E-state index < -0.39 is 6.10 Å². The first kappa shape index (κ1) is 13.7. The third-order valence-corrected chi connectivity index (χ3v) is 3.22. The Labute approximate surface area is 112 Å². The minimum absolute atomic E-state index is 0.284. The van der Waals surface area contributed by atoms with Gasteiger partial charge in [0.1, 0.15) is 5.82 Å². The fraction of sp³-hybridized carbons (Fsp3) is 0.250. The molecule has 0 aliphatic heterocycles. The first-order chi connectivity index (χ1) is 9.19. The van der Waals surface area contributed by atoms with E-state index in [9.17, 15) is 9.50 Å². The lowest BCUT2D eigenvalue weighted by Gasteiger charge is -2.11. The van der Waals surface area contributed by atoms with Gasteiger partial charge in [0.25, 0.3) is 0 Å². The number of nitrogens with two attached hydrogens (primary N) is 1. The summed E-state index contributed by atoms with van der Waals surface area (Å²) in [6, 6.07) is 14.0. The van der Waals surface area contributed by atoms with Crippen LogP contribution in [0.5, 0.6) is 0 Å². The van der Waals surface area contributed by atoms with Crippen molar-refractivity contribution in [2.75, 3.05) is 0 Å². The van der Waals surface area contributed by atoms with Gasteiger partial charge < -0.3 is 10.8 Å². The predicted octanol–water partition coefficient (Wildman–Crippen LogP) is 2.95. The molecule has 3 heteroatoms. The molecule has 19 heavy (non-hydrogen) atoms. The number of rotatable bonds is 5. The highest BCUT2D eigenvalue weighted by atomic mass is 19.1. The molecule has 100 valence electrons. The van der Waals surface area contributed by atoms with Crippen LogP contribution in [-0.2, 0) is 13.0 Å². The standard InChI is InChI=1S/C16H18FNO/c17-15-8-6-14(7-9-15)16(19)10-5-12-1-3-13(11-18)4-2-12/h1-4,6-9,16,19H,5,10-11,18H2. The lowest BCUT2D eigenvalue weighted by molar-refractivity contribution is 0.168. The molecular formula is C16H18FNO. The Bertz CT molecular complexity index is 507. The van der Waals surface area contributed by atoms with Crippen molar-refractivity contribution in [1.82, 2.24) is 0 Å². The van der Waals surface area contributed by atoms with E-state index in [1.807, 2.05) is 24.3 Å². The number of hydrogen-bond donors (Lipinski definition) is 2. The topological polar surface area (TPSA) is 46.2 Å². The lowest BCUT2D eigenvalue weighted by atomic mass is 10.0. The van der Waals surface area contributed by atoms with E-state index in [-0.39, 0.29) is 5.82 Å². The minimum Gasteiger partial charge on any atom is -0.388 e. The van der Waals surface area contributed by atoms with Crippen LogP contribution in [0.2, 0.25) is 0 Å². The van der Waals surface area contributed by atoms with Gasteiger partial charge in [-0.25, -0.2) is 4.39 Å². The van der Waals surface area contributed by atoms with Crippen molar-refractivity contribution in [2.45, 2.75) is 25.5 Å². The molecule has 0 saturated carbocycles. The molecular weight excluding hydrogens is 241 g/mol. The molecule has 2 aromatic carbocycles. The number of hydrogen-bond acceptors (Lipinski definition) is 2. The predicted molar refractivity (Wildman–Crippen MR) is 74.0 cm³/mol. The Morgan fingerprint density at radius 1 is 0.947 bits per heavy atom. The summed E-state index contributed by atoms with van der Waals surface area (Å²) in [5, 5.41) is 10.0. The molecule has 1 unspecified atom stereocenters. The van der Waals surface area contributed by atoms with E-state index in [1.54, 1.807) is 12.1 Å². The van der Waals surface area contributed by atoms with Gasteiger partial charge >= 0.3 is 0 Å². The Kier molecular flexibility index (Phi) is 4.66. The second kappa shape index (κ2) is 6.45. The molecule has 0 amide bonds. The van der Waals surface area contributed by atoms with Gasteiger partial charge in [0, 0.05) is 6.54 Å². The average Bonchev–Trinajstić information content (AvgIpc) is 2.46. The fourth-order valence-corrected chi connectivity index (χ4v) is 2.00. The van der Waals surface area contributed by atoms with Crippen LogP contribution in [-0.4, -0.2) is 5.11 Å². The maximum absolute atomic E-state index is 12.8. The van der Waals surface area contributed by atoms with Crippen LogP contribution < -0.4 is 5.73 Å². The number of halogens is 1. The normalized spacial score (nSPS) is 12.4. The number of aliphatic hydroxyl groups is 1. The summed E-state index contributed by atoms with van der Waals surface area (Å²) in [5.41, 5.74) is 8.55. The third-order valence-electron chi connectivity index (χ3n) is 3.22. The van der Waals surface area contributed by atoms with Crippen LogP contribution in [0.15, 0.2) is 48.5 Å². The molecule has 0 bridgehead atoms. The summed E-state index contributed by atoms with van der Waals surface area (Å²) in [6.45, 7) is 0.540. The van der Waals surface area contributed by atoms with Crippen LogP contribution in [0.1, 0.15) is 29.2 Å². The highest BCUT2D eigenvalue weighted by molar-refractivity contribution is 5.23. The van der Waals surface area contributed by atoms with Gasteiger partial charge in [-0.3, -0.25) is 0 Å². The van der Waals surface area contributed by atoms with Crippen molar-refractivity contribution in [3.63, 3.8) is 0 Å². The molecule has 2 aromatic rings. The van der Waals surface area contributed by atoms with Crippen molar-refractivity contribution in [2.24, 2.45) is 5.73 Å². The summed E-state index contributed by atoms with van der Waals surface area (Å²) in [4.78, 5) is 0. The quantitative estimate of drug-likeness (QED) is 0.867. The molecule has 2 rings (SSSR count). The van der Waals surface area contributed by atoms with E-state index in [4.69, 9.17) is 5.73 Å². The second-order valence-corrected chi connectivity index (χ2v) is 4.63. The molecule has 0 aromatic heterocycles. The Hall–Kier alpha value is -1.71. The molecule has 0 aliphatic carbocycles. The molecule has 2 nitrogen and oxygen atoms in total. The van der Waals surface area contributed by atoms with E-state index in [1.165, 1.54) is 17.7 Å². The van der Waals surface area contributed by atoms with Crippen LogP contribution in [0.4, 0.5) is 4.39 Å². The summed E-state index contributed by atoms with van der Waals surface area (Å²) in [6.07, 6.45) is 0.839. The fourth-order valence-electron chi connectivity index (χ4n) is 2.00. The number of benzene rings is 2. The maximum atomic E-state index is 12.8. The molecule has 1 atom stereocenters. The Balaban J connectivity index is 1.92. The van der Waals surface area contributed by atoms with Crippen molar-refractivity contribution >= 4 is 0 Å². The van der Waals surface area contributed by atoms with Crippen molar-refractivity contribution in [3.8, 4) is 0 Å². The zero-order chi connectivity index (χ0) is 13.7. The van der Waals surface area contributed by atoms with Gasteiger partial charge in [0.2, 0.25) is 0 Å². The zero-order valence-electron chi connectivity index (χ0n) is 10.7. The molecule has 0 radical (unpaired) electrons. The molecule has 0 heterocycles. The van der Waals surface area contributed by atoms with E-state index in [2.05, 4.69) is 0 Å². The van der Waals surface area contributed by atoms with Crippen molar-refractivity contribution in [1.29, 1.82) is 0 Å². The van der Waals surface area contributed by atoms with Gasteiger partial charge in [0.05, 0.1) is 6.10 Å². The second-order valence-electron chi connectivity index (χ2n) is 4.63. The Morgan fingerprint density at radius 3 is 2.11 bits per heavy atom. The first-order valence-electron chi connectivity index (χ1n) is 6.40. The van der Waals surface area contributed by atoms with E-state index in [0.717, 1.165) is 17.5 Å². The first-order valence-corrected chi connectivity index (χ1v) is 6.40. The number of aliphatic hydroxyl groups excluding tert-OH is 1. The van der Waals surface area contributed by atoms with Crippen molar-refractivity contribution < 1.29 is 9.50 Å². The lowest BCUT2D eigenvalue weighted by Crippen LogP contribution is -2.00. The SMILES string of the molecule is NCc1ccc(CCC(O)c2ccc(F)cc2)cc1. The van der Waals surface area contributed by atoms with Gasteiger partial charge in [-0.15, -0.1) is 0 Å². The van der Waals surface area contributed by atoms with E-state index in [0.29, 0.717) is 13.0 Å². The van der Waals surface area contributed by atoms with Crippen LogP contribution in [0.3, 0.4) is 0 Å². The van der Waals surface area contributed by atoms with Crippen LogP contribution in [0, 0.1) is 5.82 Å². The molecule has 0 spiro atoms. The monoisotopic (exact) mass is 259 g/mol. The average molecular weight is 259 g/mol. The smallest absolute Gasteiger partial charge is 0.123 e. The molecule has 0 fully saturated rings.